The van der Waals surface area contributed by atoms with Crippen molar-refractivity contribution in [2.45, 2.75) is 27.2 Å². The maximum absolute atomic E-state index is 12.5. The molecule has 0 saturated carbocycles. The number of imide groups is 1. The van der Waals surface area contributed by atoms with Gasteiger partial charge in [-0.15, -0.1) is 0 Å². The molecule has 8 heteroatoms. The molecule has 0 fully saturated rings. The number of hydroxylamine groups is 2. The first-order chi connectivity index (χ1) is 13.3. The molecule has 0 unspecified atom stereocenters. The van der Waals surface area contributed by atoms with Gasteiger partial charge in [0.05, 0.1) is 23.2 Å². The first kappa shape index (κ1) is 17.8. The maximum atomic E-state index is 12.5. The molecule has 0 spiro atoms. The van der Waals surface area contributed by atoms with Gasteiger partial charge in [0.15, 0.2) is 5.65 Å². The smallest absolute Gasteiger partial charge is 0.329 e. The van der Waals surface area contributed by atoms with Gasteiger partial charge in [0.25, 0.3) is 11.8 Å². The minimum Gasteiger partial charge on any atom is -0.329 e. The Balaban J connectivity index is 1.61. The predicted molar refractivity (Wildman–Crippen MR) is 99.5 cm³/mol. The summed E-state index contributed by atoms with van der Waals surface area (Å²) in [5.41, 5.74) is 4.26. The number of carbonyl (C=O) groups excluding carboxylic acids is 3. The average Bonchev–Trinajstić information content (AvgIpc) is 3.07. The van der Waals surface area contributed by atoms with Gasteiger partial charge in [0.1, 0.15) is 0 Å². The highest BCUT2D eigenvalue weighted by Gasteiger charge is 2.38. The Bertz CT molecular complexity index is 1140. The average molecular weight is 378 g/mol. The summed E-state index contributed by atoms with van der Waals surface area (Å²) < 4.78 is 1.70. The second-order valence-corrected chi connectivity index (χ2v) is 6.80. The zero-order chi connectivity index (χ0) is 20.2. The molecule has 0 N–H and O–H groups in total. The molecule has 1 aliphatic heterocycles. The zero-order valence-electron chi connectivity index (χ0n) is 15.9. The van der Waals surface area contributed by atoms with E-state index in [1.165, 1.54) is 12.1 Å². The standard InChI is InChI=1S/C20H18N4O4/c1-10-15(11(2)21-18-17(10)12(3)22-23(18)4)9-16(25)28-24-19(26)13-7-5-6-8-14(13)20(24)27/h5-8H,9H2,1-4H3. The molecule has 4 rings (SSSR count). The van der Waals surface area contributed by atoms with Gasteiger partial charge in [0.2, 0.25) is 0 Å². The van der Waals surface area contributed by atoms with E-state index in [0.717, 1.165) is 22.3 Å². The molecule has 3 heterocycles. The summed E-state index contributed by atoms with van der Waals surface area (Å²) in [6, 6.07) is 6.36. The number of carbonyl (C=O) groups is 3. The molecule has 0 atom stereocenters. The van der Waals surface area contributed by atoms with E-state index in [1.807, 2.05) is 20.9 Å². The van der Waals surface area contributed by atoms with Crippen molar-refractivity contribution in [2.75, 3.05) is 0 Å². The van der Waals surface area contributed by atoms with Crippen molar-refractivity contribution in [2.24, 2.45) is 7.05 Å². The van der Waals surface area contributed by atoms with Crippen LogP contribution < -0.4 is 0 Å². The molecule has 1 aromatic carbocycles. The Labute approximate surface area is 160 Å². The Morgan fingerprint density at radius 3 is 2.25 bits per heavy atom. The van der Waals surface area contributed by atoms with Crippen molar-refractivity contribution in [3.05, 3.63) is 57.9 Å². The third-order valence-corrected chi connectivity index (χ3v) is 5.00. The lowest BCUT2D eigenvalue weighted by atomic mass is 10.0. The van der Waals surface area contributed by atoms with E-state index in [2.05, 4.69) is 10.1 Å². The molecule has 3 aromatic rings. The van der Waals surface area contributed by atoms with Crippen LogP contribution in [0.15, 0.2) is 24.3 Å². The number of amides is 2. The molecule has 0 saturated heterocycles. The van der Waals surface area contributed by atoms with Crippen molar-refractivity contribution in [1.82, 2.24) is 19.8 Å². The Morgan fingerprint density at radius 1 is 1.04 bits per heavy atom. The second kappa shape index (κ2) is 6.26. The molecule has 8 nitrogen and oxygen atoms in total. The normalized spacial score (nSPS) is 13.4. The fourth-order valence-electron chi connectivity index (χ4n) is 3.65. The van der Waals surface area contributed by atoms with Crippen LogP contribution in [0.3, 0.4) is 0 Å². The zero-order valence-corrected chi connectivity index (χ0v) is 15.9. The van der Waals surface area contributed by atoms with Crippen LogP contribution in [0, 0.1) is 20.8 Å². The van der Waals surface area contributed by atoms with Gasteiger partial charge >= 0.3 is 5.97 Å². The summed E-state index contributed by atoms with van der Waals surface area (Å²) in [6.07, 6.45) is -0.109. The summed E-state index contributed by atoms with van der Waals surface area (Å²) in [5.74, 6) is -1.98. The quantitative estimate of drug-likeness (QED) is 0.649. The summed E-state index contributed by atoms with van der Waals surface area (Å²) >= 11 is 0. The van der Waals surface area contributed by atoms with E-state index in [-0.39, 0.29) is 17.5 Å². The van der Waals surface area contributed by atoms with E-state index >= 15 is 0 Å². The van der Waals surface area contributed by atoms with Crippen LogP contribution in [0.2, 0.25) is 0 Å². The molecule has 28 heavy (non-hydrogen) atoms. The summed E-state index contributed by atoms with van der Waals surface area (Å²) in [7, 11) is 1.82. The second-order valence-electron chi connectivity index (χ2n) is 6.80. The molecule has 2 aromatic heterocycles. The summed E-state index contributed by atoms with van der Waals surface area (Å²) in [5, 5.41) is 5.79. The number of rotatable bonds is 3. The SMILES string of the molecule is Cc1nc2c(c(C)nn2C)c(C)c1CC(=O)ON1C(=O)c2ccccc2C1=O. The molecular weight excluding hydrogens is 360 g/mol. The van der Waals surface area contributed by atoms with Crippen molar-refractivity contribution in [1.29, 1.82) is 0 Å². The minimum atomic E-state index is -0.705. The van der Waals surface area contributed by atoms with Gasteiger partial charge in [-0.25, -0.2) is 9.78 Å². The van der Waals surface area contributed by atoms with Gasteiger partial charge in [-0.2, -0.15) is 5.10 Å². The van der Waals surface area contributed by atoms with Crippen LogP contribution in [0.25, 0.3) is 11.0 Å². The molecular formula is C20H18N4O4. The van der Waals surface area contributed by atoms with E-state index in [0.29, 0.717) is 16.3 Å². The number of aromatic nitrogens is 3. The van der Waals surface area contributed by atoms with Crippen molar-refractivity contribution in [3.63, 3.8) is 0 Å². The third kappa shape index (κ3) is 2.57. The van der Waals surface area contributed by atoms with Crippen molar-refractivity contribution in [3.8, 4) is 0 Å². The molecule has 142 valence electrons. The lowest BCUT2D eigenvalue weighted by molar-refractivity contribution is -0.167. The van der Waals surface area contributed by atoms with Crippen molar-refractivity contribution < 1.29 is 19.2 Å². The van der Waals surface area contributed by atoms with Gasteiger partial charge < -0.3 is 4.84 Å². The number of hydrogen-bond donors (Lipinski definition) is 0. The number of pyridine rings is 1. The number of fused-ring (bicyclic) bond motifs is 2. The molecule has 2 amide bonds. The largest absolute Gasteiger partial charge is 0.337 e. The molecule has 0 radical (unpaired) electrons. The number of nitrogens with zero attached hydrogens (tertiary/aromatic N) is 4. The monoisotopic (exact) mass is 378 g/mol. The fraction of sp³-hybridized carbons (Fsp3) is 0.250. The van der Waals surface area contributed by atoms with Gasteiger partial charge in [-0.05, 0) is 44.0 Å². The lowest BCUT2D eigenvalue weighted by Crippen LogP contribution is -2.33. The molecule has 0 bridgehead atoms. The maximum Gasteiger partial charge on any atom is 0.337 e. The number of aryl methyl sites for hydroxylation is 4. The molecule has 1 aliphatic rings. The van der Waals surface area contributed by atoms with Gasteiger partial charge in [-0.3, -0.25) is 14.3 Å². The fourth-order valence-corrected chi connectivity index (χ4v) is 3.65. The van der Waals surface area contributed by atoms with Crippen molar-refractivity contribution >= 4 is 28.8 Å². The summed E-state index contributed by atoms with van der Waals surface area (Å²) in [6.45, 7) is 5.59. The molecule has 0 aliphatic carbocycles. The van der Waals surface area contributed by atoms with Gasteiger partial charge in [-0.1, -0.05) is 17.2 Å². The highest BCUT2D eigenvalue weighted by Crippen LogP contribution is 2.27. The summed E-state index contributed by atoms with van der Waals surface area (Å²) in [4.78, 5) is 46.9. The Morgan fingerprint density at radius 2 is 1.64 bits per heavy atom. The highest BCUT2D eigenvalue weighted by molar-refractivity contribution is 6.20. The van der Waals surface area contributed by atoms with E-state index in [1.54, 1.807) is 23.7 Å². The van der Waals surface area contributed by atoms with Crippen LogP contribution in [0.4, 0.5) is 0 Å². The minimum absolute atomic E-state index is 0.109. The topological polar surface area (TPSA) is 94.4 Å². The Hall–Kier alpha value is -3.55. The highest BCUT2D eigenvalue weighted by atomic mass is 16.7. The van der Waals surface area contributed by atoms with Crippen LogP contribution in [0.5, 0.6) is 0 Å². The van der Waals surface area contributed by atoms with Crippen LogP contribution in [-0.2, 0) is 23.1 Å². The third-order valence-electron chi connectivity index (χ3n) is 5.00. The number of hydrogen-bond acceptors (Lipinski definition) is 6. The van der Waals surface area contributed by atoms with E-state index < -0.39 is 17.8 Å². The van der Waals surface area contributed by atoms with E-state index in [9.17, 15) is 14.4 Å². The first-order valence-electron chi connectivity index (χ1n) is 8.77. The lowest BCUT2D eigenvalue weighted by Gasteiger charge is -2.14. The van der Waals surface area contributed by atoms with Gasteiger partial charge in [0, 0.05) is 18.1 Å². The first-order valence-corrected chi connectivity index (χ1v) is 8.77. The van der Waals surface area contributed by atoms with Crippen LogP contribution in [0.1, 0.15) is 43.2 Å². The Kier molecular flexibility index (Phi) is 3.99. The predicted octanol–water partition coefficient (Wildman–Crippen LogP) is 2.19. The van der Waals surface area contributed by atoms with Crippen LogP contribution in [-0.4, -0.2) is 37.6 Å². The van der Waals surface area contributed by atoms with Crippen LogP contribution >= 0.6 is 0 Å². The number of benzene rings is 1. The van der Waals surface area contributed by atoms with E-state index in [4.69, 9.17) is 4.84 Å².